The van der Waals surface area contributed by atoms with E-state index in [1.165, 1.54) is 12.1 Å². The molecular weight excluding hydrogens is 303 g/mol. The van der Waals surface area contributed by atoms with Crippen LogP contribution >= 0.6 is 11.6 Å². The van der Waals surface area contributed by atoms with Crippen LogP contribution in [0.15, 0.2) is 18.2 Å². The Hall–Kier alpha value is -1.13. The van der Waals surface area contributed by atoms with Crippen molar-refractivity contribution in [1.82, 2.24) is 9.80 Å². The Morgan fingerprint density at radius 3 is 2.50 bits per heavy atom. The quantitative estimate of drug-likeness (QED) is 0.851. The molecule has 0 radical (unpaired) electrons. The van der Waals surface area contributed by atoms with Gasteiger partial charge in [-0.3, -0.25) is 9.69 Å². The summed E-state index contributed by atoms with van der Waals surface area (Å²) in [5, 5.41) is 0.482. The first-order valence-corrected chi connectivity index (χ1v) is 8.46. The number of benzene rings is 1. The van der Waals surface area contributed by atoms with Crippen molar-refractivity contribution in [2.24, 2.45) is 5.92 Å². The fourth-order valence-corrected chi connectivity index (χ4v) is 3.65. The summed E-state index contributed by atoms with van der Waals surface area (Å²) in [7, 11) is 0. The number of nitrogens with zero attached hydrogens (tertiary/aromatic N) is 2. The SMILES string of the molecule is O=C(C1CCN(Cc2ccc(F)cc2Cl)CC1)N1CCCC1. The molecule has 0 unspecified atom stereocenters. The van der Waals surface area contributed by atoms with Gasteiger partial charge >= 0.3 is 0 Å². The second-order valence-corrected chi connectivity index (χ2v) is 6.73. The maximum atomic E-state index is 13.1. The maximum Gasteiger partial charge on any atom is 0.225 e. The molecule has 0 spiro atoms. The van der Waals surface area contributed by atoms with Crippen LogP contribution in [0.2, 0.25) is 5.02 Å². The van der Waals surface area contributed by atoms with Gasteiger partial charge in [-0.25, -0.2) is 4.39 Å². The molecule has 0 saturated carbocycles. The van der Waals surface area contributed by atoms with Gasteiger partial charge in [-0.1, -0.05) is 17.7 Å². The zero-order chi connectivity index (χ0) is 15.5. The molecule has 3 nitrogen and oxygen atoms in total. The minimum atomic E-state index is -0.302. The molecule has 0 aromatic heterocycles. The lowest BCUT2D eigenvalue weighted by Crippen LogP contribution is -2.41. The van der Waals surface area contributed by atoms with Gasteiger partial charge < -0.3 is 4.90 Å². The fourth-order valence-electron chi connectivity index (χ4n) is 3.42. The molecule has 3 rings (SSSR count). The smallest absolute Gasteiger partial charge is 0.225 e. The van der Waals surface area contributed by atoms with Gasteiger partial charge in [0.15, 0.2) is 0 Å². The molecular formula is C17H22ClFN2O. The third kappa shape index (κ3) is 3.61. The van der Waals surface area contributed by atoms with Gasteiger partial charge in [-0.05, 0) is 56.5 Å². The van der Waals surface area contributed by atoms with Crippen LogP contribution in [0.1, 0.15) is 31.2 Å². The van der Waals surface area contributed by atoms with Crippen LogP contribution in [-0.4, -0.2) is 41.9 Å². The summed E-state index contributed by atoms with van der Waals surface area (Å²) in [6, 6.07) is 4.56. The average molecular weight is 325 g/mol. The molecule has 2 heterocycles. The average Bonchev–Trinajstić information content (AvgIpc) is 3.04. The van der Waals surface area contributed by atoms with Crippen molar-refractivity contribution in [3.63, 3.8) is 0 Å². The Morgan fingerprint density at radius 2 is 1.86 bits per heavy atom. The molecule has 2 aliphatic rings. The van der Waals surface area contributed by atoms with Crippen LogP contribution in [0.4, 0.5) is 4.39 Å². The van der Waals surface area contributed by atoms with Crippen LogP contribution in [0.3, 0.4) is 0 Å². The van der Waals surface area contributed by atoms with Gasteiger partial charge in [0.25, 0.3) is 0 Å². The van der Waals surface area contributed by atoms with Crippen LogP contribution in [0, 0.1) is 11.7 Å². The molecule has 1 amide bonds. The molecule has 1 aromatic rings. The van der Waals surface area contributed by atoms with Crippen LogP contribution in [-0.2, 0) is 11.3 Å². The molecule has 2 aliphatic heterocycles. The van der Waals surface area contributed by atoms with E-state index < -0.39 is 0 Å². The molecule has 0 N–H and O–H groups in total. The van der Waals surface area contributed by atoms with E-state index in [4.69, 9.17) is 11.6 Å². The Balaban J connectivity index is 1.52. The molecule has 0 aliphatic carbocycles. The number of hydrogen-bond donors (Lipinski definition) is 0. The van der Waals surface area contributed by atoms with Gasteiger partial charge in [-0.15, -0.1) is 0 Å². The highest BCUT2D eigenvalue weighted by Gasteiger charge is 2.29. The molecule has 0 atom stereocenters. The van der Waals surface area contributed by atoms with E-state index in [0.717, 1.165) is 64.0 Å². The number of halogens is 2. The van der Waals surface area contributed by atoms with Crippen LogP contribution in [0.25, 0.3) is 0 Å². The Labute approximate surface area is 136 Å². The van der Waals surface area contributed by atoms with Crippen molar-refractivity contribution < 1.29 is 9.18 Å². The van der Waals surface area contributed by atoms with Crippen molar-refractivity contribution >= 4 is 17.5 Å². The van der Waals surface area contributed by atoms with E-state index in [9.17, 15) is 9.18 Å². The Bertz CT molecular complexity index is 537. The second kappa shape index (κ2) is 6.97. The van der Waals surface area contributed by atoms with Crippen LogP contribution in [0.5, 0.6) is 0 Å². The summed E-state index contributed by atoms with van der Waals surface area (Å²) >= 11 is 6.09. The lowest BCUT2D eigenvalue weighted by molar-refractivity contribution is -0.136. The van der Waals surface area contributed by atoms with E-state index in [-0.39, 0.29) is 11.7 Å². The second-order valence-electron chi connectivity index (χ2n) is 6.32. The van der Waals surface area contributed by atoms with Crippen molar-refractivity contribution in [2.45, 2.75) is 32.2 Å². The third-order valence-corrected chi connectivity index (χ3v) is 5.12. The van der Waals surface area contributed by atoms with E-state index in [1.807, 2.05) is 4.90 Å². The van der Waals surface area contributed by atoms with E-state index >= 15 is 0 Å². The van der Waals surface area contributed by atoms with Gasteiger partial charge in [0, 0.05) is 30.6 Å². The summed E-state index contributed by atoms with van der Waals surface area (Å²) in [4.78, 5) is 16.7. The van der Waals surface area contributed by atoms with Gasteiger partial charge in [0.05, 0.1) is 0 Å². The highest BCUT2D eigenvalue weighted by Crippen LogP contribution is 2.25. The first-order valence-electron chi connectivity index (χ1n) is 8.08. The predicted octanol–water partition coefficient (Wildman–Crippen LogP) is 3.31. The third-order valence-electron chi connectivity index (χ3n) is 4.76. The summed E-state index contributed by atoms with van der Waals surface area (Å²) in [6.45, 7) is 4.40. The predicted molar refractivity (Wildman–Crippen MR) is 85.2 cm³/mol. The molecule has 120 valence electrons. The lowest BCUT2D eigenvalue weighted by Gasteiger charge is -2.33. The summed E-state index contributed by atoms with van der Waals surface area (Å²) in [6.07, 6.45) is 4.11. The summed E-state index contributed by atoms with van der Waals surface area (Å²) in [5.74, 6) is 0.221. The molecule has 1 aromatic carbocycles. The number of hydrogen-bond acceptors (Lipinski definition) is 2. The number of carbonyl (C=O) groups is 1. The van der Waals surface area contributed by atoms with Gasteiger partial charge in [0.2, 0.25) is 5.91 Å². The molecule has 2 fully saturated rings. The molecule has 22 heavy (non-hydrogen) atoms. The highest BCUT2D eigenvalue weighted by molar-refractivity contribution is 6.31. The van der Waals surface area contributed by atoms with Gasteiger partial charge in [-0.2, -0.15) is 0 Å². The van der Waals surface area contributed by atoms with Crippen molar-refractivity contribution in [2.75, 3.05) is 26.2 Å². The monoisotopic (exact) mass is 324 g/mol. The molecule has 0 bridgehead atoms. The summed E-state index contributed by atoms with van der Waals surface area (Å²) in [5.41, 5.74) is 0.951. The van der Waals surface area contributed by atoms with Gasteiger partial charge in [0.1, 0.15) is 5.82 Å². The topological polar surface area (TPSA) is 23.6 Å². The fraction of sp³-hybridized carbons (Fsp3) is 0.588. The normalized spacial score (nSPS) is 20.5. The number of likely N-dealkylation sites (tertiary alicyclic amines) is 2. The zero-order valence-electron chi connectivity index (χ0n) is 12.7. The maximum absolute atomic E-state index is 13.1. The minimum Gasteiger partial charge on any atom is -0.342 e. The number of rotatable bonds is 3. The zero-order valence-corrected chi connectivity index (χ0v) is 13.5. The standard InChI is InChI=1S/C17H22ClFN2O/c18-16-11-15(19)4-3-14(16)12-20-9-5-13(6-10-20)17(22)21-7-1-2-8-21/h3-4,11,13H,1-2,5-10,12H2. The van der Waals surface area contributed by atoms with Crippen molar-refractivity contribution in [3.8, 4) is 0 Å². The van der Waals surface area contributed by atoms with E-state index in [0.29, 0.717) is 10.9 Å². The lowest BCUT2D eigenvalue weighted by atomic mass is 9.95. The first-order chi connectivity index (χ1) is 10.6. The van der Waals surface area contributed by atoms with E-state index in [1.54, 1.807) is 6.07 Å². The summed E-state index contributed by atoms with van der Waals surface area (Å²) < 4.78 is 13.1. The van der Waals surface area contributed by atoms with E-state index in [2.05, 4.69) is 4.90 Å². The number of carbonyl (C=O) groups excluding carboxylic acids is 1. The molecule has 2 saturated heterocycles. The minimum absolute atomic E-state index is 0.179. The Kier molecular flexibility index (Phi) is 4.99. The van der Waals surface area contributed by atoms with Crippen molar-refractivity contribution in [3.05, 3.63) is 34.6 Å². The highest BCUT2D eigenvalue weighted by atomic mass is 35.5. The van der Waals surface area contributed by atoms with Crippen molar-refractivity contribution in [1.29, 1.82) is 0 Å². The number of amides is 1. The Morgan fingerprint density at radius 1 is 1.18 bits per heavy atom. The van der Waals surface area contributed by atoms with Crippen LogP contribution < -0.4 is 0 Å². The first kappa shape index (κ1) is 15.8. The number of piperidine rings is 1. The largest absolute Gasteiger partial charge is 0.342 e. The molecule has 5 heteroatoms.